The fourth-order valence-corrected chi connectivity index (χ4v) is 2.32. The first-order valence-electron chi connectivity index (χ1n) is 6.43. The lowest BCUT2D eigenvalue weighted by atomic mass is 9.50. The summed E-state index contributed by atoms with van der Waals surface area (Å²) in [6, 6.07) is 4.96. The third-order valence-electron chi connectivity index (χ3n) is 3.34. The summed E-state index contributed by atoms with van der Waals surface area (Å²) in [7, 11) is 0. The lowest BCUT2D eigenvalue weighted by Gasteiger charge is -2.12. The molecule has 8 heteroatoms. The van der Waals surface area contributed by atoms with E-state index >= 15 is 0 Å². The number of nitriles is 1. The molecule has 4 nitrogen and oxygen atoms in total. The Morgan fingerprint density at radius 2 is 2.05 bits per heavy atom. The lowest BCUT2D eigenvalue weighted by molar-refractivity contribution is -0.274. The third-order valence-corrected chi connectivity index (χ3v) is 3.34. The number of carbonyl (C=O) groups is 1. The van der Waals surface area contributed by atoms with Crippen LogP contribution in [0.2, 0.25) is 12.6 Å². The number of amides is 1. The van der Waals surface area contributed by atoms with E-state index in [4.69, 9.17) is 5.26 Å². The summed E-state index contributed by atoms with van der Waals surface area (Å²) in [5, 5.41) is 11.4. The van der Waals surface area contributed by atoms with Gasteiger partial charge in [-0.3, -0.25) is 4.79 Å². The normalized spacial score (nSPS) is 18.2. The van der Waals surface area contributed by atoms with Crippen molar-refractivity contribution in [2.45, 2.75) is 25.4 Å². The maximum Gasteiger partial charge on any atom is 0.573 e. The molecule has 1 atom stereocenters. The maximum atomic E-state index is 12.0. The summed E-state index contributed by atoms with van der Waals surface area (Å²) < 4.78 is 39.8. The highest BCUT2D eigenvalue weighted by Gasteiger charge is 2.33. The van der Waals surface area contributed by atoms with Crippen LogP contribution in [-0.4, -0.2) is 19.0 Å². The summed E-state index contributed by atoms with van der Waals surface area (Å²) in [6.45, 7) is -0.0942. The molecule has 21 heavy (non-hydrogen) atoms. The predicted molar refractivity (Wildman–Crippen MR) is 70.8 cm³/mol. The molecule has 0 saturated carbocycles. The molecule has 1 unspecified atom stereocenters. The predicted octanol–water partition coefficient (Wildman–Crippen LogP) is 3.10. The number of anilines is 1. The number of carbonyl (C=O) groups excluding carboxylic acids is 1. The second-order valence-electron chi connectivity index (χ2n) is 4.90. The smallest absolute Gasteiger partial charge is 0.406 e. The highest BCUT2D eigenvalue weighted by atomic mass is 19.4. The number of ether oxygens (including phenoxy) is 1. The van der Waals surface area contributed by atoms with E-state index in [2.05, 4.69) is 16.0 Å². The second-order valence-corrected chi connectivity index (χ2v) is 4.90. The van der Waals surface area contributed by atoms with Gasteiger partial charge in [0.15, 0.2) is 0 Å². The number of nitrogens with zero attached hydrogens (tertiary/aromatic N) is 1. The van der Waals surface area contributed by atoms with Crippen LogP contribution in [0.1, 0.15) is 6.42 Å². The second kappa shape index (κ2) is 6.08. The van der Waals surface area contributed by atoms with Crippen molar-refractivity contribution >= 4 is 18.3 Å². The molecule has 1 fully saturated rings. The molecule has 1 heterocycles. The molecule has 1 amide bonds. The van der Waals surface area contributed by atoms with Gasteiger partial charge in [0.1, 0.15) is 5.75 Å². The van der Waals surface area contributed by atoms with E-state index in [0.717, 1.165) is 12.1 Å². The van der Waals surface area contributed by atoms with Crippen LogP contribution in [0.5, 0.6) is 5.75 Å². The summed E-state index contributed by atoms with van der Waals surface area (Å²) >= 11 is 0. The van der Waals surface area contributed by atoms with E-state index in [1.54, 1.807) is 0 Å². The van der Waals surface area contributed by atoms with Crippen LogP contribution >= 0.6 is 0 Å². The van der Waals surface area contributed by atoms with Crippen molar-refractivity contribution in [2.75, 3.05) is 5.32 Å². The summed E-state index contributed by atoms with van der Waals surface area (Å²) in [6.07, 6.45) is -2.86. The minimum absolute atomic E-state index is 0.0942. The van der Waals surface area contributed by atoms with Crippen molar-refractivity contribution in [2.24, 2.45) is 5.92 Å². The first-order chi connectivity index (χ1) is 9.87. The van der Waals surface area contributed by atoms with Crippen molar-refractivity contribution in [3.8, 4) is 11.7 Å². The Hall–Kier alpha value is -2.17. The SMILES string of the molecule is N#CB1CCC(C(=O)Nc2ccc(OC(F)(F)F)cc2)C1. The molecule has 0 bridgehead atoms. The Morgan fingerprint density at radius 3 is 2.57 bits per heavy atom. The largest absolute Gasteiger partial charge is 0.573 e. The van der Waals surface area contributed by atoms with Crippen molar-refractivity contribution in [3.63, 3.8) is 0 Å². The van der Waals surface area contributed by atoms with Gasteiger partial charge >= 0.3 is 6.36 Å². The molecule has 1 aromatic rings. The highest BCUT2D eigenvalue weighted by Crippen LogP contribution is 2.28. The maximum absolute atomic E-state index is 12.0. The van der Waals surface area contributed by atoms with Gasteiger partial charge < -0.3 is 10.1 Å². The quantitative estimate of drug-likeness (QED) is 0.872. The average molecular weight is 296 g/mol. The first-order valence-corrected chi connectivity index (χ1v) is 6.43. The van der Waals surface area contributed by atoms with Crippen LogP contribution in [0, 0.1) is 17.1 Å². The molecule has 0 radical (unpaired) electrons. The molecule has 0 spiro atoms. The van der Waals surface area contributed by atoms with Gasteiger partial charge in [0.2, 0.25) is 5.91 Å². The number of rotatable bonds is 3. The minimum Gasteiger partial charge on any atom is -0.406 e. The van der Waals surface area contributed by atoms with Crippen LogP contribution in [0.25, 0.3) is 0 Å². The van der Waals surface area contributed by atoms with Crippen LogP contribution in [0.15, 0.2) is 24.3 Å². The summed E-state index contributed by atoms with van der Waals surface area (Å²) in [5.41, 5.74) is 0.398. The molecular formula is C13H12BF3N2O2. The van der Waals surface area contributed by atoms with Gasteiger partial charge in [-0.15, -0.1) is 13.2 Å². The van der Waals surface area contributed by atoms with Crippen molar-refractivity contribution in [1.29, 1.82) is 5.26 Å². The zero-order chi connectivity index (χ0) is 15.5. The van der Waals surface area contributed by atoms with E-state index in [1.165, 1.54) is 12.1 Å². The number of hydrogen-bond donors (Lipinski definition) is 1. The molecule has 110 valence electrons. The zero-order valence-corrected chi connectivity index (χ0v) is 11.0. The molecule has 1 saturated heterocycles. The van der Waals surface area contributed by atoms with Gasteiger partial charge in [-0.05, 0) is 37.0 Å². The molecule has 1 aliphatic rings. The zero-order valence-electron chi connectivity index (χ0n) is 11.0. The van der Waals surface area contributed by atoms with E-state index < -0.39 is 6.36 Å². The molecule has 1 N–H and O–H groups in total. The standard InChI is InChI=1S/C13H12BF3N2O2/c15-13(16,17)21-11-3-1-10(2-4-11)19-12(20)9-5-6-14(7-9)8-18/h1-4,9H,5-7H2,(H,19,20). The number of alkyl halides is 3. The molecule has 0 aromatic heterocycles. The number of nitrogens with one attached hydrogen (secondary N) is 1. The van der Waals surface area contributed by atoms with Gasteiger partial charge in [-0.1, -0.05) is 6.32 Å². The van der Waals surface area contributed by atoms with E-state index in [1.807, 2.05) is 0 Å². The summed E-state index contributed by atoms with van der Waals surface area (Å²) in [4.78, 5) is 12.0. The van der Waals surface area contributed by atoms with Gasteiger partial charge in [-0.2, -0.15) is 0 Å². The molecule has 1 aliphatic heterocycles. The Kier molecular flexibility index (Phi) is 4.41. The van der Waals surface area contributed by atoms with Crippen molar-refractivity contribution < 1.29 is 22.7 Å². The average Bonchev–Trinajstić information content (AvgIpc) is 2.88. The molecule has 2 rings (SSSR count). The van der Waals surface area contributed by atoms with Crippen LogP contribution in [-0.2, 0) is 4.79 Å². The van der Waals surface area contributed by atoms with E-state index in [0.29, 0.717) is 24.7 Å². The lowest BCUT2D eigenvalue weighted by Crippen LogP contribution is -2.21. The third kappa shape index (κ3) is 4.41. The highest BCUT2D eigenvalue weighted by molar-refractivity contribution is 6.68. The van der Waals surface area contributed by atoms with Crippen LogP contribution in [0.3, 0.4) is 0 Å². The Morgan fingerprint density at radius 1 is 1.38 bits per heavy atom. The minimum atomic E-state index is -4.74. The van der Waals surface area contributed by atoms with Gasteiger partial charge in [0.05, 0.1) is 0 Å². The first kappa shape index (κ1) is 15.2. The van der Waals surface area contributed by atoms with Gasteiger partial charge in [-0.25, -0.2) is 5.26 Å². The van der Waals surface area contributed by atoms with E-state index in [-0.39, 0.29) is 24.3 Å². The molecule has 0 aliphatic carbocycles. The number of benzene rings is 1. The van der Waals surface area contributed by atoms with Crippen LogP contribution < -0.4 is 10.1 Å². The summed E-state index contributed by atoms with van der Waals surface area (Å²) in [5.74, 6) is 1.36. The van der Waals surface area contributed by atoms with E-state index in [9.17, 15) is 18.0 Å². The van der Waals surface area contributed by atoms with Gasteiger partial charge in [0.25, 0.3) is 6.71 Å². The Bertz CT molecular complexity index is 554. The number of halogens is 3. The Balaban J connectivity index is 1.92. The fourth-order valence-electron chi connectivity index (χ4n) is 2.32. The van der Waals surface area contributed by atoms with Gasteiger partial charge in [0, 0.05) is 17.6 Å². The fraction of sp³-hybridized carbons (Fsp3) is 0.385. The topological polar surface area (TPSA) is 62.1 Å². The van der Waals surface area contributed by atoms with Crippen molar-refractivity contribution in [1.82, 2.24) is 0 Å². The molecule has 1 aromatic carbocycles. The number of hydrogen-bond acceptors (Lipinski definition) is 3. The van der Waals surface area contributed by atoms with Crippen molar-refractivity contribution in [3.05, 3.63) is 24.3 Å². The monoisotopic (exact) mass is 296 g/mol. The molecular weight excluding hydrogens is 284 g/mol. The van der Waals surface area contributed by atoms with Crippen LogP contribution in [0.4, 0.5) is 18.9 Å². The Labute approximate surface area is 120 Å².